The second kappa shape index (κ2) is 9.43. The lowest BCUT2D eigenvalue weighted by molar-refractivity contribution is -0.146. The van der Waals surface area contributed by atoms with Crippen LogP contribution in [0, 0.1) is 17.6 Å². The van der Waals surface area contributed by atoms with Gasteiger partial charge >= 0.3 is 12.1 Å². The molecule has 0 N–H and O–H groups in total. The predicted molar refractivity (Wildman–Crippen MR) is 91.9 cm³/mol. The molecule has 1 aliphatic heterocycles. The lowest BCUT2D eigenvalue weighted by Crippen LogP contribution is -2.48. The largest absolute Gasteiger partial charge is 0.466 e. The Morgan fingerprint density at radius 3 is 2.44 bits per heavy atom. The molecule has 6 nitrogen and oxygen atoms in total. The fraction of sp³-hybridized carbons (Fsp3) is 0.526. The van der Waals surface area contributed by atoms with Gasteiger partial charge < -0.3 is 14.4 Å². The number of carbonyl (C=O) groups is 3. The molecule has 148 valence electrons. The summed E-state index contributed by atoms with van der Waals surface area (Å²) in [7, 11) is 1.25. The van der Waals surface area contributed by atoms with Crippen LogP contribution in [-0.4, -0.2) is 49.0 Å². The number of methoxy groups -OCH3 is 1. The minimum atomic E-state index is -0.708. The quantitative estimate of drug-likeness (QED) is 0.558. The highest BCUT2D eigenvalue weighted by Crippen LogP contribution is 2.28. The van der Waals surface area contributed by atoms with E-state index >= 15 is 0 Å². The number of piperidine rings is 1. The number of rotatable bonds is 6. The summed E-state index contributed by atoms with van der Waals surface area (Å²) in [5, 5.41) is 0. The maximum atomic E-state index is 13.5. The van der Waals surface area contributed by atoms with Crippen molar-refractivity contribution in [3.05, 3.63) is 35.4 Å². The van der Waals surface area contributed by atoms with Crippen LogP contribution in [0.2, 0.25) is 0 Å². The predicted octanol–water partition coefficient (Wildman–Crippen LogP) is 2.88. The molecule has 1 saturated heterocycles. The monoisotopic (exact) mass is 383 g/mol. The van der Waals surface area contributed by atoms with Crippen LogP contribution in [0.1, 0.15) is 31.7 Å². The van der Waals surface area contributed by atoms with E-state index in [1.54, 1.807) is 6.92 Å². The van der Waals surface area contributed by atoms with Gasteiger partial charge in [0.05, 0.1) is 13.7 Å². The molecule has 2 rings (SSSR count). The second-order valence-electron chi connectivity index (χ2n) is 6.47. The van der Waals surface area contributed by atoms with Crippen LogP contribution < -0.4 is 0 Å². The molecule has 8 heteroatoms. The number of likely N-dealkylation sites (tertiary alicyclic amines) is 1. The first-order valence-corrected chi connectivity index (χ1v) is 8.82. The summed E-state index contributed by atoms with van der Waals surface area (Å²) in [5.74, 6) is -2.69. The van der Waals surface area contributed by atoms with Gasteiger partial charge in [-0.05, 0) is 43.9 Å². The molecule has 2 atom stereocenters. The van der Waals surface area contributed by atoms with Gasteiger partial charge in [-0.25, -0.2) is 13.6 Å². The molecule has 0 aromatic heterocycles. The van der Waals surface area contributed by atoms with Crippen molar-refractivity contribution >= 4 is 17.8 Å². The SMILES string of the molecule is CCOC(=O)CC(=O)[C@H]1CCN(C(=O)OC)[C@H](Cc2cc(F)cc(F)c2)C1. The molecular formula is C19H23F2NO5. The maximum absolute atomic E-state index is 13.5. The number of benzene rings is 1. The highest BCUT2D eigenvalue weighted by atomic mass is 19.1. The van der Waals surface area contributed by atoms with Gasteiger partial charge in [-0.1, -0.05) is 0 Å². The van der Waals surface area contributed by atoms with Crippen LogP contribution in [0.25, 0.3) is 0 Å². The van der Waals surface area contributed by atoms with E-state index in [-0.39, 0.29) is 38.2 Å². The van der Waals surface area contributed by atoms with Crippen molar-refractivity contribution in [3.8, 4) is 0 Å². The number of amides is 1. The summed E-state index contributed by atoms with van der Waals surface area (Å²) in [6.45, 7) is 2.11. The number of hydrogen-bond donors (Lipinski definition) is 0. The van der Waals surface area contributed by atoms with Crippen molar-refractivity contribution < 1.29 is 32.6 Å². The summed E-state index contributed by atoms with van der Waals surface area (Å²) in [6.07, 6.45) is -0.0363. The number of nitrogens with zero attached hydrogens (tertiary/aromatic N) is 1. The normalized spacial score (nSPS) is 19.5. The highest BCUT2D eigenvalue weighted by molar-refractivity contribution is 5.96. The summed E-state index contributed by atoms with van der Waals surface area (Å²) in [5.41, 5.74) is 0.380. The zero-order valence-corrected chi connectivity index (χ0v) is 15.4. The van der Waals surface area contributed by atoms with Gasteiger partial charge in [0.2, 0.25) is 0 Å². The molecule has 0 bridgehead atoms. The Balaban J connectivity index is 2.13. The van der Waals surface area contributed by atoms with E-state index in [9.17, 15) is 23.2 Å². The van der Waals surface area contributed by atoms with Crippen molar-refractivity contribution in [2.75, 3.05) is 20.3 Å². The van der Waals surface area contributed by atoms with E-state index in [4.69, 9.17) is 9.47 Å². The van der Waals surface area contributed by atoms with E-state index in [0.29, 0.717) is 12.0 Å². The molecule has 1 aromatic rings. The Kier molecular flexibility index (Phi) is 7.27. The summed E-state index contributed by atoms with van der Waals surface area (Å²) >= 11 is 0. The Labute approximate surface area is 156 Å². The van der Waals surface area contributed by atoms with Crippen LogP contribution in [0.5, 0.6) is 0 Å². The number of hydrogen-bond acceptors (Lipinski definition) is 5. The Hall–Kier alpha value is -2.51. The van der Waals surface area contributed by atoms with Crippen LogP contribution in [0.4, 0.5) is 13.6 Å². The first kappa shape index (κ1) is 20.8. The zero-order chi connectivity index (χ0) is 20.0. The van der Waals surface area contributed by atoms with Gasteiger partial charge in [0, 0.05) is 24.6 Å². The van der Waals surface area contributed by atoms with Crippen LogP contribution >= 0.6 is 0 Å². The zero-order valence-electron chi connectivity index (χ0n) is 15.4. The smallest absolute Gasteiger partial charge is 0.409 e. The first-order chi connectivity index (χ1) is 12.8. The van der Waals surface area contributed by atoms with Crippen molar-refractivity contribution in [2.45, 2.75) is 38.6 Å². The van der Waals surface area contributed by atoms with Gasteiger partial charge in [-0.15, -0.1) is 0 Å². The van der Waals surface area contributed by atoms with Gasteiger partial charge in [-0.2, -0.15) is 0 Å². The molecular weight excluding hydrogens is 360 g/mol. The second-order valence-corrected chi connectivity index (χ2v) is 6.47. The molecule has 0 unspecified atom stereocenters. The van der Waals surface area contributed by atoms with Crippen LogP contribution in [-0.2, 0) is 25.5 Å². The Bertz CT molecular complexity index is 689. The van der Waals surface area contributed by atoms with E-state index in [2.05, 4.69) is 0 Å². The maximum Gasteiger partial charge on any atom is 0.409 e. The first-order valence-electron chi connectivity index (χ1n) is 8.82. The average Bonchev–Trinajstić information content (AvgIpc) is 2.60. The highest BCUT2D eigenvalue weighted by Gasteiger charge is 2.36. The summed E-state index contributed by atoms with van der Waals surface area (Å²) in [6, 6.07) is 2.70. The summed E-state index contributed by atoms with van der Waals surface area (Å²) in [4.78, 5) is 37.4. The van der Waals surface area contributed by atoms with E-state index in [1.165, 1.54) is 24.1 Å². The third-order valence-electron chi connectivity index (χ3n) is 4.60. The van der Waals surface area contributed by atoms with Crippen molar-refractivity contribution in [1.29, 1.82) is 0 Å². The number of ether oxygens (including phenoxy) is 2. The van der Waals surface area contributed by atoms with Gasteiger partial charge in [-0.3, -0.25) is 9.59 Å². The molecule has 27 heavy (non-hydrogen) atoms. The van der Waals surface area contributed by atoms with Crippen LogP contribution in [0.3, 0.4) is 0 Å². The molecule has 1 aliphatic rings. The van der Waals surface area contributed by atoms with Crippen molar-refractivity contribution in [2.24, 2.45) is 5.92 Å². The standard InChI is InChI=1S/C19H23F2NO5/c1-3-27-18(24)11-17(23)13-4-5-22(19(25)26-2)16(9-13)8-12-6-14(20)10-15(21)7-12/h6-7,10,13,16H,3-5,8-9,11H2,1-2H3/t13-,16+/m0/s1. The number of halogens is 2. The van der Waals surface area contributed by atoms with Crippen molar-refractivity contribution in [3.63, 3.8) is 0 Å². The number of carbonyl (C=O) groups excluding carboxylic acids is 3. The molecule has 0 aliphatic carbocycles. The van der Waals surface area contributed by atoms with E-state index in [1.807, 2.05) is 0 Å². The fourth-order valence-electron chi connectivity index (χ4n) is 3.39. The lowest BCUT2D eigenvalue weighted by Gasteiger charge is -2.38. The third kappa shape index (κ3) is 5.74. The van der Waals surface area contributed by atoms with Gasteiger partial charge in [0.1, 0.15) is 23.8 Å². The number of esters is 1. The van der Waals surface area contributed by atoms with Crippen LogP contribution in [0.15, 0.2) is 18.2 Å². The minimum absolute atomic E-state index is 0.174. The van der Waals surface area contributed by atoms with Gasteiger partial charge in [0.25, 0.3) is 0 Å². The number of Topliss-reactive ketones (excluding diaryl/α,β-unsaturated/α-hetero) is 1. The third-order valence-corrected chi connectivity index (χ3v) is 4.60. The molecule has 1 amide bonds. The fourth-order valence-corrected chi connectivity index (χ4v) is 3.39. The average molecular weight is 383 g/mol. The lowest BCUT2D eigenvalue weighted by atomic mass is 9.84. The molecule has 1 fully saturated rings. The Morgan fingerprint density at radius 1 is 1.19 bits per heavy atom. The summed E-state index contributed by atoms with van der Waals surface area (Å²) < 4.78 is 36.5. The number of ketones is 1. The topological polar surface area (TPSA) is 72.9 Å². The molecule has 0 spiro atoms. The minimum Gasteiger partial charge on any atom is -0.466 e. The molecule has 1 heterocycles. The molecule has 0 saturated carbocycles. The van der Waals surface area contributed by atoms with Crippen molar-refractivity contribution in [1.82, 2.24) is 4.90 Å². The van der Waals surface area contributed by atoms with E-state index in [0.717, 1.165) is 6.07 Å². The van der Waals surface area contributed by atoms with E-state index < -0.39 is 35.7 Å². The Morgan fingerprint density at radius 2 is 1.85 bits per heavy atom. The molecule has 0 radical (unpaired) electrons. The van der Waals surface area contributed by atoms with Gasteiger partial charge in [0.15, 0.2) is 0 Å². The molecule has 1 aromatic carbocycles.